The molecule has 4 heteroatoms. The molecule has 1 fully saturated rings. The minimum atomic E-state index is -0.231. The van der Waals surface area contributed by atoms with E-state index in [1.165, 1.54) is 6.42 Å². The lowest BCUT2D eigenvalue weighted by molar-refractivity contribution is 0.118. The highest BCUT2D eigenvalue weighted by molar-refractivity contribution is 4.83. The van der Waals surface area contributed by atoms with Crippen molar-refractivity contribution in [3.8, 4) is 0 Å². The van der Waals surface area contributed by atoms with Gasteiger partial charge in [0.2, 0.25) is 0 Å². The van der Waals surface area contributed by atoms with E-state index in [4.69, 9.17) is 0 Å². The summed E-state index contributed by atoms with van der Waals surface area (Å²) in [5.41, 5.74) is 0. The summed E-state index contributed by atoms with van der Waals surface area (Å²) in [6.45, 7) is 13.5. The molecule has 1 aliphatic rings. The fourth-order valence-corrected chi connectivity index (χ4v) is 2.69. The van der Waals surface area contributed by atoms with Gasteiger partial charge in [-0.1, -0.05) is 20.8 Å². The molecule has 0 aromatic carbocycles. The van der Waals surface area contributed by atoms with Crippen molar-refractivity contribution in [1.29, 1.82) is 0 Å². The second-order valence-electron chi connectivity index (χ2n) is 4.88. The summed E-state index contributed by atoms with van der Waals surface area (Å²) in [5, 5.41) is 13.1. The minimum Gasteiger partial charge on any atom is -0.390 e. The van der Waals surface area contributed by atoms with Gasteiger partial charge in [0.25, 0.3) is 0 Å². The van der Waals surface area contributed by atoms with Crippen LogP contribution in [0.3, 0.4) is 0 Å². The van der Waals surface area contributed by atoms with E-state index in [2.05, 4.69) is 35.9 Å². The highest BCUT2D eigenvalue weighted by Gasteiger charge is 2.26. The Morgan fingerprint density at radius 3 is 2.65 bits per heavy atom. The summed E-state index contributed by atoms with van der Waals surface area (Å²) < 4.78 is 0. The fraction of sp³-hybridized carbons (Fsp3) is 1.00. The quantitative estimate of drug-likeness (QED) is 0.646. The van der Waals surface area contributed by atoms with Gasteiger partial charge in [0.05, 0.1) is 6.10 Å². The van der Waals surface area contributed by atoms with Crippen molar-refractivity contribution in [1.82, 2.24) is 15.1 Å². The van der Waals surface area contributed by atoms with Crippen LogP contribution >= 0.6 is 0 Å². The third-order valence-corrected chi connectivity index (χ3v) is 3.68. The van der Waals surface area contributed by atoms with Crippen LogP contribution in [0.4, 0.5) is 0 Å². The summed E-state index contributed by atoms with van der Waals surface area (Å²) in [5.74, 6) is 0. The molecule has 4 nitrogen and oxygen atoms in total. The van der Waals surface area contributed by atoms with Gasteiger partial charge in [-0.05, 0) is 32.6 Å². The number of hydrogen-bond donors (Lipinski definition) is 2. The maximum absolute atomic E-state index is 9.86. The average Bonchev–Trinajstić information content (AvgIpc) is 2.76. The lowest BCUT2D eigenvalue weighted by Crippen LogP contribution is -2.40. The monoisotopic (exact) mass is 243 g/mol. The first kappa shape index (κ1) is 14.9. The molecule has 2 atom stereocenters. The van der Waals surface area contributed by atoms with Crippen LogP contribution in [0.5, 0.6) is 0 Å². The van der Waals surface area contributed by atoms with Crippen molar-refractivity contribution < 1.29 is 5.11 Å². The van der Waals surface area contributed by atoms with E-state index < -0.39 is 0 Å². The maximum atomic E-state index is 9.86. The summed E-state index contributed by atoms with van der Waals surface area (Å²) in [6.07, 6.45) is 1.01. The number of aliphatic hydroxyl groups is 1. The Hall–Kier alpha value is -0.160. The van der Waals surface area contributed by atoms with Gasteiger partial charge in [0.15, 0.2) is 0 Å². The summed E-state index contributed by atoms with van der Waals surface area (Å²) in [4.78, 5) is 4.92. The number of nitrogens with one attached hydrogen (secondary N) is 1. The van der Waals surface area contributed by atoms with Crippen LogP contribution in [0.15, 0.2) is 0 Å². The van der Waals surface area contributed by atoms with Crippen LogP contribution in [0.25, 0.3) is 0 Å². The van der Waals surface area contributed by atoms with Crippen molar-refractivity contribution >= 4 is 0 Å². The van der Waals surface area contributed by atoms with E-state index in [9.17, 15) is 5.11 Å². The standard InChI is InChI=1S/C13H29N3O/c1-4-14-9-13(17)11-15-8-7-12(10-15)16(5-2)6-3/h12-14,17H,4-11H2,1-3H3. The van der Waals surface area contributed by atoms with Crippen molar-refractivity contribution in [2.24, 2.45) is 0 Å². The zero-order chi connectivity index (χ0) is 12.7. The molecule has 0 aromatic rings. The second-order valence-corrected chi connectivity index (χ2v) is 4.88. The summed E-state index contributed by atoms with van der Waals surface area (Å²) in [6, 6.07) is 0.691. The van der Waals surface area contributed by atoms with Crippen LogP contribution in [0.1, 0.15) is 27.2 Å². The normalized spacial score (nSPS) is 23.5. The zero-order valence-corrected chi connectivity index (χ0v) is 11.7. The Kier molecular flexibility index (Phi) is 7.04. The minimum absolute atomic E-state index is 0.231. The summed E-state index contributed by atoms with van der Waals surface area (Å²) >= 11 is 0. The third kappa shape index (κ3) is 4.92. The van der Waals surface area contributed by atoms with E-state index in [0.29, 0.717) is 12.6 Å². The highest BCUT2D eigenvalue weighted by atomic mass is 16.3. The van der Waals surface area contributed by atoms with Crippen LogP contribution in [-0.4, -0.2) is 72.9 Å². The van der Waals surface area contributed by atoms with Gasteiger partial charge >= 0.3 is 0 Å². The molecule has 0 saturated carbocycles. The van der Waals surface area contributed by atoms with E-state index in [1.54, 1.807) is 0 Å². The van der Waals surface area contributed by atoms with Gasteiger partial charge in [0, 0.05) is 25.7 Å². The highest BCUT2D eigenvalue weighted by Crippen LogP contribution is 2.15. The van der Waals surface area contributed by atoms with E-state index in [1.807, 2.05) is 0 Å². The lowest BCUT2D eigenvalue weighted by Gasteiger charge is -2.26. The molecule has 102 valence electrons. The molecule has 0 spiro atoms. The smallest absolute Gasteiger partial charge is 0.0791 e. The number of rotatable bonds is 8. The average molecular weight is 243 g/mol. The van der Waals surface area contributed by atoms with Gasteiger partial charge in [0.1, 0.15) is 0 Å². The van der Waals surface area contributed by atoms with Gasteiger partial charge < -0.3 is 10.4 Å². The van der Waals surface area contributed by atoms with Gasteiger partial charge in [-0.25, -0.2) is 0 Å². The van der Waals surface area contributed by atoms with Crippen molar-refractivity contribution in [2.75, 3.05) is 45.8 Å². The molecular weight excluding hydrogens is 214 g/mol. The Morgan fingerprint density at radius 2 is 2.06 bits per heavy atom. The fourth-order valence-electron chi connectivity index (χ4n) is 2.69. The van der Waals surface area contributed by atoms with E-state index in [0.717, 1.165) is 39.3 Å². The topological polar surface area (TPSA) is 38.7 Å². The molecular formula is C13H29N3O. The third-order valence-electron chi connectivity index (χ3n) is 3.68. The molecule has 0 aliphatic carbocycles. The Labute approximate surface area is 106 Å². The summed E-state index contributed by atoms with van der Waals surface area (Å²) in [7, 11) is 0. The molecule has 1 saturated heterocycles. The second kappa shape index (κ2) is 8.03. The zero-order valence-electron chi connectivity index (χ0n) is 11.7. The largest absolute Gasteiger partial charge is 0.390 e. The Bertz CT molecular complexity index is 197. The number of likely N-dealkylation sites (tertiary alicyclic amines) is 1. The van der Waals surface area contributed by atoms with Crippen LogP contribution in [0, 0.1) is 0 Å². The molecule has 1 rings (SSSR count). The first-order valence-electron chi connectivity index (χ1n) is 7.06. The number of likely N-dealkylation sites (N-methyl/N-ethyl adjacent to an activating group) is 2. The molecule has 0 amide bonds. The number of β-amino-alcohol motifs (C(OH)–C–C–N with tert-alkyl or cyclic N) is 1. The number of aliphatic hydroxyl groups excluding tert-OH is 1. The number of hydrogen-bond acceptors (Lipinski definition) is 4. The molecule has 0 radical (unpaired) electrons. The van der Waals surface area contributed by atoms with Gasteiger partial charge in [-0.3, -0.25) is 9.80 Å². The molecule has 1 aliphatic heterocycles. The van der Waals surface area contributed by atoms with E-state index in [-0.39, 0.29) is 6.10 Å². The predicted octanol–water partition coefficient (Wildman–Crippen LogP) is 0.373. The Balaban J connectivity index is 2.25. The predicted molar refractivity (Wildman–Crippen MR) is 72.3 cm³/mol. The lowest BCUT2D eigenvalue weighted by atomic mass is 10.2. The maximum Gasteiger partial charge on any atom is 0.0791 e. The Morgan fingerprint density at radius 1 is 1.35 bits per heavy atom. The van der Waals surface area contributed by atoms with Crippen LogP contribution in [0.2, 0.25) is 0 Å². The van der Waals surface area contributed by atoms with Gasteiger partial charge in [-0.15, -0.1) is 0 Å². The van der Waals surface area contributed by atoms with Gasteiger partial charge in [-0.2, -0.15) is 0 Å². The van der Waals surface area contributed by atoms with Crippen LogP contribution < -0.4 is 5.32 Å². The molecule has 0 bridgehead atoms. The first-order chi connectivity index (χ1) is 8.21. The van der Waals surface area contributed by atoms with Crippen molar-refractivity contribution in [3.63, 3.8) is 0 Å². The molecule has 2 unspecified atom stereocenters. The SMILES string of the molecule is CCNCC(O)CN1CCC(N(CC)CC)C1. The van der Waals surface area contributed by atoms with Crippen LogP contribution in [-0.2, 0) is 0 Å². The first-order valence-corrected chi connectivity index (χ1v) is 7.06. The molecule has 0 aromatic heterocycles. The number of nitrogens with zero attached hydrogens (tertiary/aromatic N) is 2. The van der Waals surface area contributed by atoms with E-state index >= 15 is 0 Å². The molecule has 17 heavy (non-hydrogen) atoms. The molecule has 1 heterocycles. The molecule has 2 N–H and O–H groups in total. The van der Waals surface area contributed by atoms with Crippen molar-refractivity contribution in [2.45, 2.75) is 39.3 Å². The van der Waals surface area contributed by atoms with Crippen molar-refractivity contribution in [3.05, 3.63) is 0 Å².